The van der Waals surface area contributed by atoms with Gasteiger partial charge in [-0.05, 0) is 24.1 Å². The van der Waals surface area contributed by atoms with Gasteiger partial charge in [0.25, 0.3) is 5.91 Å². The molecule has 1 saturated heterocycles. The Labute approximate surface area is 158 Å². The predicted molar refractivity (Wildman–Crippen MR) is 98.6 cm³/mol. The second-order valence-corrected chi connectivity index (χ2v) is 6.64. The van der Waals surface area contributed by atoms with Crippen LogP contribution in [0.25, 0.3) is 0 Å². The molecule has 0 bridgehead atoms. The van der Waals surface area contributed by atoms with Crippen molar-refractivity contribution in [3.63, 3.8) is 0 Å². The number of amides is 4. The van der Waals surface area contributed by atoms with Gasteiger partial charge in [0.15, 0.2) is 0 Å². The Morgan fingerprint density at radius 2 is 1.85 bits per heavy atom. The molecule has 0 radical (unpaired) electrons. The minimum absolute atomic E-state index is 0.0408. The highest BCUT2D eigenvalue weighted by atomic mass is 16.3. The number of carbonyl (C=O) groups excluding carboxylic acids is 3. The lowest BCUT2D eigenvalue weighted by Gasteiger charge is -2.24. The van der Waals surface area contributed by atoms with Crippen molar-refractivity contribution in [3.8, 4) is 0 Å². The Balaban J connectivity index is 1.70. The van der Waals surface area contributed by atoms with E-state index in [-0.39, 0.29) is 24.3 Å². The van der Waals surface area contributed by atoms with E-state index in [1.54, 1.807) is 24.3 Å². The van der Waals surface area contributed by atoms with E-state index in [1.807, 2.05) is 36.4 Å². The normalized spacial score (nSPS) is 16.9. The fraction of sp³-hybridized carbons (Fsp3) is 0.350. The lowest BCUT2D eigenvalue weighted by molar-refractivity contribution is -0.137. The highest BCUT2D eigenvalue weighted by Gasteiger charge is 2.42. The second kappa shape index (κ2) is 8.07. The Kier molecular flexibility index (Phi) is 5.59. The molecule has 1 atom stereocenters. The minimum Gasteiger partial charge on any atom is -0.467 e. The molecule has 0 aliphatic carbocycles. The van der Waals surface area contributed by atoms with Crippen LogP contribution in [0.5, 0.6) is 0 Å². The zero-order chi connectivity index (χ0) is 19.4. The molecule has 2 aromatic rings. The van der Waals surface area contributed by atoms with E-state index in [2.05, 4.69) is 0 Å². The highest BCUT2D eigenvalue weighted by Crippen LogP contribution is 2.19. The van der Waals surface area contributed by atoms with Gasteiger partial charge in [-0.2, -0.15) is 0 Å². The zero-order valence-electron chi connectivity index (χ0n) is 15.5. The van der Waals surface area contributed by atoms with Gasteiger partial charge >= 0.3 is 6.03 Å². The zero-order valence-corrected chi connectivity index (χ0v) is 15.5. The molecule has 1 aliphatic rings. The topological polar surface area (TPSA) is 74.1 Å². The van der Waals surface area contributed by atoms with Crippen LogP contribution in [0.2, 0.25) is 0 Å². The molecular formula is C20H23N3O4. The third-order valence-electron chi connectivity index (χ3n) is 4.83. The highest BCUT2D eigenvalue weighted by molar-refractivity contribution is 6.05. The summed E-state index contributed by atoms with van der Waals surface area (Å²) in [5.74, 6) is 0.142. The number of carbonyl (C=O) groups is 3. The van der Waals surface area contributed by atoms with Crippen molar-refractivity contribution in [1.82, 2.24) is 14.7 Å². The summed E-state index contributed by atoms with van der Waals surface area (Å²) in [5.41, 5.74) is 1.12. The fourth-order valence-corrected chi connectivity index (χ4v) is 3.16. The molecule has 2 heterocycles. The SMILES string of the molecule is CN1C(=O)[C@H](CC(=O)N(CCc2ccccc2)Cc2ccco2)N(C)C1=O. The minimum atomic E-state index is -0.758. The number of imide groups is 1. The van der Waals surface area contributed by atoms with Crippen molar-refractivity contribution in [2.24, 2.45) is 0 Å². The number of nitrogens with zero attached hydrogens (tertiary/aromatic N) is 3. The van der Waals surface area contributed by atoms with E-state index in [0.29, 0.717) is 25.3 Å². The number of rotatable bonds is 7. The van der Waals surface area contributed by atoms with Crippen LogP contribution in [0.4, 0.5) is 4.79 Å². The maximum absolute atomic E-state index is 12.9. The Hall–Kier alpha value is -3.09. The average molecular weight is 369 g/mol. The summed E-state index contributed by atoms with van der Waals surface area (Å²) < 4.78 is 5.38. The average Bonchev–Trinajstić information content (AvgIpc) is 3.26. The van der Waals surface area contributed by atoms with E-state index in [0.717, 1.165) is 10.5 Å². The van der Waals surface area contributed by atoms with Crippen LogP contribution in [0, 0.1) is 0 Å². The molecule has 4 amide bonds. The van der Waals surface area contributed by atoms with Gasteiger partial charge in [0.2, 0.25) is 5.91 Å². The summed E-state index contributed by atoms with van der Waals surface area (Å²) in [6, 6.07) is 12.3. The molecule has 142 valence electrons. The molecule has 1 aromatic heterocycles. The first-order valence-electron chi connectivity index (χ1n) is 8.86. The van der Waals surface area contributed by atoms with Crippen molar-refractivity contribution in [2.45, 2.75) is 25.4 Å². The van der Waals surface area contributed by atoms with Crippen LogP contribution in [0.1, 0.15) is 17.7 Å². The molecule has 27 heavy (non-hydrogen) atoms. The van der Waals surface area contributed by atoms with Crippen LogP contribution in [-0.2, 0) is 22.6 Å². The monoisotopic (exact) mass is 369 g/mol. The molecule has 1 aromatic carbocycles. The van der Waals surface area contributed by atoms with Crippen LogP contribution in [0.3, 0.4) is 0 Å². The van der Waals surface area contributed by atoms with E-state index >= 15 is 0 Å². The van der Waals surface area contributed by atoms with Gasteiger partial charge in [0.1, 0.15) is 11.8 Å². The van der Waals surface area contributed by atoms with Gasteiger partial charge < -0.3 is 14.2 Å². The lowest BCUT2D eigenvalue weighted by Crippen LogP contribution is -2.40. The molecular weight excluding hydrogens is 346 g/mol. The van der Waals surface area contributed by atoms with E-state index in [9.17, 15) is 14.4 Å². The van der Waals surface area contributed by atoms with Gasteiger partial charge in [-0.15, -0.1) is 0 Å². The van der Waals surface area contributed by atoms with Gasteiger partial charge in [0, 0.05) is 20.6 Å². The first kappa shape index (κ1) is 18.7. The Bertz CT molecular complexity index is 804. The van der Waals surface area contributed by atoms with Gasteiger partial charge in [-0.3, -0.25) is 14.5 Å². The number of furan rings is 1. The van der Waals surface area contributed by atoms with Crippen molar-refractivity contribution in [1.29, 1.82) is 0 Å². The molecule has 0 N–H and O–H groups in total. The molecule has 0 unspecified atom stereocenters. The number of benzene rings is 1. The molecule has 3 rings (SSSR count). The van der Waals surface area contributed by atoms with Gasteiger partial charge in [0.05, 0.1) is 19.2 Å². The lowest BCUT2D eigenvalue weighted by atomic mass is 10.1. The maximum Gasteiger partial charge on any atom is 0.326 e. The quantitative estimate of drug-likeness (QED) is 0.701. The van der Waals surface area contributed by atoms with Crippen LogP contribution in [-0.4, -0.2) is 59.2 Å². The number of likely N-dealkylation sites (N-methyl/N-ethyl adjacent to an activating group) is 2. The molecule has 7 nitrogen and oxygen atoms in total. The molecule has 7 heteroatoms. The largest absolute Gasteiger partial charge is 0.467 e. The first-order chi connectivity index (χ1) is 13.0. The summed E-state index contributed by atoms with van der Waals surface area (Å²) in [6.07, 6.45) is 2.22. The third kappa shape index (κ3) is 4.19. The summed E-state index contributed by atoms with van der Waals surface area (Å²) >= 11 is 0. The van der Waals surface area contributed by atoms with Crippen molar-refractivity contribution < 1.29 is 18.8 Å². The molecule has 0 spiro atoms. The smallest absolute Gasteiger partial charge is 0.326 e. The Morgan fingerprint density at radius 1 is 1.11 bits per heavy atom. The summed E-state index contributed by atoms with van der Waals surface area (Å²) in [7, 11) is 2.98. The number of urea groups is 1. The predicted octanol–water partition coefficient (Wildman–Crippen LogP) is 2.13. The van der Waals surface area contributed by atoms with Crippen molar-refractivity contribution >= 4 is 17.8 Å². The first-order valence-corrected chi connectivity index (χ1v) is 8.86. The number of hydrogen-bond acceptors (Lipinski definition) is 4. The van der Waals surface area contributed by atoms with Crippen molar-refractivity contribution in [2.75, 3.05) is 20.6 Å². The fourth-order valence-electron chi connectivity index (χ4n) is 3.16. The number of hydrogen-bond donors (Lipinski definition) is 0. The molecule has 0 saturated carbocycles. The molecule has 1 aliphatic heterocycles. The van der Waals surface area contributed by atoms with E-state index in [4.69, 9.17) is 4.42 Å². The van der Waals surface area contributed by atoms with Crippen LogP contribution in [0.15, 0.2) is 53.1 Å². The van der Waals surface area contributed by atoms with E-state index in [1.165, 1.54) is 11.9 Å². The maximum atomic E-state index is 12.9. The summed E-state index contributed by atoms with van der Waals surface area (Å²) in [6.45, 7) is 0.824. The summed E-state index contributed by atoms with van der Waals surface area (Å²) in [5, 5.41) is 0. The van der Waals surface area contributed by atoms with Gasteiger partial charge in [-0.1, -0.05) is 30.3 Å². The van der Waals surface area contributed by atoms with Gasteiger partial charge in [-0.25, -0.2) is 4.79 Å². The third-order valence-corrected chi connectivity index (χ3v) is 4.83. The van der Waals surface area contributed by atoms with E-state index < -0.39 is 6.04 Å². The Morgan fingerprint density at radius 3 is 2.44 bits per heavy atom. The standard InChI is InChI=1S/C20H23N3O4/c1-21-17(19(25)22(2)20(21)26)13-18(24)23(14-16-9-6-12-27-16)11-10-15-7-4-3-5-8-15/h3-9,12,17H,10-11,13-14H2,1-2H3/t17-/m0/s1. The van der Waals surface area contributed by atoms with Crippen LogP contribution >= 0.6 is 0 Å². The van der Waals surface area contributed by atoms with Crippen molar-refractivity contribution in [3.05, 3.63) is 60.1 Å². The summed E-state index contributed by atoms with van der Waals surface area (Å²) in [4.78, 5) is 41.2. The van der Waals surface area contributed by atoms with Crippen LogP contribution < -0.4 is 0 Å². The second-order valence-electron chi connectivity index (χ2n) is 6.64. The molecule has 1 fully saturated rings.